The lowest BCUT2D eigenvalue weighted by Gasteiger charge is -2.50. The van der Waals surface area contributed by atoms with Gasteiger partial charge in [-0.25, -0.2) is 4.79 Å². The molecule has 2 aromatic rings. The van der Waals surface area contributed by atoms with E-state index >= 15 is 0 Å². The summed E-state index contributed by atoms with van der Waals surface area (Å²) in [5.74, 6) is -1.82. The van der Waals surface area contributed by atoms with Crippen LogP contribution < -0.4 is 10.6 Å². The van der Waals surface area contributed by atoms with Crippen LogP contribution in [-0.2, 0) is 20.9 Å². The van der Waals surface area contributed by atoms with Gasteiger partial charge in [0.2, 0.25) is 17.5 Å². The van der Waals surface area contributed by atoms with E-state index < -0.39 is 17.5 Å². The molecule has 3 amide bonds. The highest BCUT2D eigenvalue weighted by atomic mass is 16.5. The van der Waals surface area contributed by atoms with Gasteiger partial charge in [0, 0.05) is 24.4 Å². The van der Waals surface area contributed by atoms with Crippen molar-refractivity contribution < 1.29 is 23.9 Å². The quantitative estimate of drug-likeness (QED) is 0.745. The van der Waals surface area contributed by atoms with E-state index in [1.165, 1.54) is 9.80 Å². The number of amides is 3. The maximum Gasteiger partial charge on any atom is 0.354 e. The predicted molar refractivity (Wildman–Crippen MR) is 112 cm³/mol. The number of fused-ring (bicyclic) bond motifs is 3. The van der Waals surface area contributed by atoms with E-state index in [-0.39, 0.29) is 37.3 Å². The van der Waals surface area contributed by atoms with Gasteiger partial charge in [0.25, 0.3) is 5.91 Å². The van der Waals surface area contributed by atoms with Crippen molar-refractivity contribution in [1.82, 2.24) is 4.90 Å². The minimum absolute atomic E-state index is 0.120. The first-order valence-electron chi connectivity index (χ1n) is 10.1. The van der Waals surface area contributed by atoms with Crippen LogP contribution in [0.4, 0.5) is 5.69 Å². The van der Waals surface area contributed by atoms with Crippen molar-refractivity contribution >= 4 is 29.4 Å². The number of primary amides is 1. The molecule has 0 saturated carbocycles. The molecule has 1 saturated heterocycles. The number of carbonyl (C=O) groups is 4. The molecule has 1 atom stereocenters. The predicted octanol–water partition coefficient (Wildman–Crippen LogP) is 2.22. The average Bonchev–Trinajstić information content (AvgIpc) is 3.10. The molecule has 2 heterocycles. The molecule has 0 aliphatic carbocycles. The number of nitrogens with zero attached hydrogens (tertiary/aromatic N) is 2. The zero-order valence-corrected chi connectivity index (χ0v) is 17.3. The van der Waals surface area contributed by atoms with Crippen LogP contribution in [0.15, 0.2) is 48.5 Å². The van der Waals surface area contributed by atoms with Gasteiger partial charge in [-0.1, -0.05) is 24.3 Å². The Balaban J connectivity index is 1.72. The molecular weight excluding hydrogens is 398 g/mol. The van der Waals surface area contributed by atoms with Crippen LogP contribution in [0.1, 0.15) is 53.0 Å². The van der Waals surface area contributed by atoms with Crippen LogP contribution in [0.5, 0.6) is 0 Å². The van der Waals surface area contributed by atoms with Gasteiger partial charge < -0.3 is 15.4 Å². The summed E-state index contributed by atoms with van der Waals surface area (Å²) in [4.78, 5) is 54.0. The van der Waals surface area contributed by atoms with E-state index in [4.69, 9.17) is 10.5 Å². The second kappa shape index (κ2) is 7.54. The standard InChI is InChI=1S/C23H23N3O5/c1-14(2)25-21(29)17-8-3-4-9-18(17)26-19(27)10-11-23(25,26)22(30)31-13-15-6-5-7-16(12-15)20(24)28/h3-9,12,14H,10-11,13H2,1-2H3,(H2,24,28). The summed E-state index contributed by atoms with van der Waals surface area (Å²) in [5, 5.41) is 0. The first-order chi connectivity index (χ1) is 14.8. The van der Waals surface area contributed by atoms with Crippen LogP contribution in [0, 0.1) is 0 Å². The van der Waals surface area contributed by atoms with Crippen molar-refractivity contribution in [3.63, 3.8) is 0 Å². The van der Waals surface area contributed by atoms with Crippen molar-refractivity contribution in [3.8, 4) is 0 Å². The monoisotopic (exact) mass is 421 g/mol. The molecule has 1 fully saturated rings. The second-order valence-corrected chi connectivity index (χ2v) is 7.97. The topological polar surface area (TPSA) is 110 Å². The van der Waals surface area contributed by atoms with E-state index in [9.17, 15) is 19.2 Å². The van der Waals surface area contributed by atoms with Crippen LogP contribution in [0.3, 0.4) is 0 Å². The number of rotatable bonds is 5. The summed E-state index contributed by atoms with van der Waals surface area (Å²) in [7, 11) is 0. The summed E-state index contributed by atoms with van der Waals surface area (Å²) in [5.41, 5.74) is 5.45. The fraction of sp³-hybridized carbons (Fsp3) is 0.304. The maximum absolute atomic E-state index is 13.5. The van der Waals surface area contributed by atoms with Gasteiger partial charge in [0.05, 0.1) is 11.3 Å². The van der Waals surface area contributed by atoms with Crippen molar-refractivity contribution in [1.29, 1.82) is 0 Å². The van der Waals surface area contributed by atoms with E-state index in [0.29, 0.717) is 22.4 Å². The fourth-order valence-electron chi connectivity index (χ4n) is 4.45. The number of hydrogen-bond donors (Lipinski definition) is 1. The Morgan fingerprint density at radius 3 is 2.58 bits per heavy atom. The van der Waals surface area contributed by atoms with Gasteiger partial charge >= 0.3 is 5.97 Å². The molecule has 2 aliphatic heterocycles. The normalized spacial score (nSPS) is 20.0. The molecule has 1 unspecified atom stereocenters. The van der Waals surface area contributed by atoms with Crippen molar-refractivity contribution in [3.05, 3.63) is 65.2 Å². The Kier molecular flexibility index (Phi) is 5.00. The maximum atomic E-state index is 13.5. The molecular formula is C23H23N3O5. The van der Waals surface area contributed by atoms with Crippen LogP contribution in [0.2, 0.25) is 0 Å². The molecule has 0 bridgehead atoms. The molecule has 2 aliphatic rings. The Morgan fingerprint density at radius 1 is 1.13 bits per heavy atom. The van der Waals surface area contributed by atoms with E-state index in [0.717, 1.165) is 0 Å². The molecule has 0 spiro atoms. The molecule has 160 valence electrons. The van der Waals surface area contributed by atoms with Gasteiger partial charge in [-0.05, 0) is 43.7 Å². The third-order valence-corrected chi connectivity index (χ3v) is 5.72. The zero-order chi connectivity index (χ0) is 22.3. The zero-order valence-electron chi connectivity index (χ0n) is 17.3. The number of anilines is 1. The molecule has 0 radical (unpaired) electrons. The Morgan fingerprint density at radius 2 is 1.87 bits per heavy atom. The number of nitrogens with two attached hydrogens (primary N) is 1. The number of ether oxygens (including phenoxy) is 1. The number of esters is 1. The summed E-state index contributed by atoms with van der Waals surface area (Å²) < 4.78 is 5.62. The molecule has 4 rings (SSSR count). The Bertz CT molecular complexity index is 1100. The third kappa shape index (κ3) is 3.15. The van der Waals surface area contributed by atoms with Crippen LogP contribution in [-0.4, -0.2) is 40.3 Å². The summed E-state index contributed by atoms with van der Waals surface area (Å²) in [6, 6.07) is 12.9. The highest BCUT2D eigenvalue weighted by molar-refractivity contribution is 6.15. The van der Waals surface area contributed by atoms with E-state index in [1.807, 2.05) is 0 Å². The van der Waals surface area contributed by atoms with Crippen LogP contribution in [0.25, 0.3) is 0 Å². The van der Waals surface area contributed by atoms with Gasteiger partial charge in [-0.15, -0.1) is 0 Å². The Hall–Kier alpha value is -3.68. The van der Waals surface area contributed by atoms with E-state index in [1.54, 1.807) is 62.4 Å². The second-order valence-electron chi connectivity index (χ2n) is 7.97. The van der Waals surface area contributed by atoms with Gasteiger partial charge in [0.1, 0.15) is 6.61 Å². The summed E-state index contributed by atoms with van der Waals surface area (Å²) in [6.45, 7) is 3.49. The third-order valence-electron chi connectivity index (χ3n) is 5.72. The van der Waals surface area contributed by atoms with Gasteiger partial charge in [-0.2, -0.15) is 0 Å². The van der Waals surface area contributed by atoms with Crippen molar-refractivity contribution in [2.24, 2.45) is 5.73 Å². The SMILES string of the molecule is CC(C)N1C(=O)c2ccccc2N2C(=O)CCC21C(=O)OCc1cccc(C(N)=O)c1. The van der Waals surface area contributed by atoms with E-state index in [2.05, 4.69) is 0 Å². The molecule has 8 nitrogen and oxygen atoms in total. The molecule has 0 aromatic heterocycles. The minimum Gasteiger partial charge on any atom is -0.458 e. The van der Waals surface area contributed by atoms with Gasteiger partial charge in [-0.3, -0.25) is 19.3 Å². The van der Waals surface area contributed by atoms with Crippen molar-refractivity contribution in [2.45, 2.75) is 45.0 Å². The molecule has 2 aromatic carbocycles. The first-order valence-corrected chi connectivity index (χ1v) is 10.1. The highest BCUT2D eigenvalue weighted by Crippen LogP contribution is 2.46. The Labute approximate surface area is 179 Å². The summed E-state index contributed by atoms with van der Waals surface area (Å²) in [6.07, 6.45) is 0.265. The number of benzene rings is 2. The number of carbonyl (C=O) groups excluding carboxylic acids is 4. The molecule has 8 heteroatoms. The lowest BCUT2D eigenvalue weighted by atomic mass is 9.95. The van der Waals surface area contributed by atoms with Gasteiger partial charge in [0.15, 0.2) is 0 Å². The number of para-hydroxylation sites is 1. The highest BCUT2D eigenvalue weighted by Gasteiger charge is 2.62. The largest absolute Gasteiger partial charge is 0.458 e. The lowest BCUT2D eigenvalue weighted by molar-refractivity contribution is -0.159. The average molecular weight is 421 g/mol. The number of hydrogen-bond acceptors (Lipinski definition) is 5. The molecule has 31 heavy (non-hydrogen) atoms. The molecule has 2 N–H and O–H groups in total. The first kappa shape index (κ1) is 20.6. The van der Waals surface area contributed by atoms with Crippen molar-refractivity contribution in [2.75, 3.05) is 4.90 Å². The smallest absolute Gasteiger partial charge is 0.354 e. The fourth-order valence-corrected chi connectivity index (χ4v) is 4.45. The lowest BCUT2D eigenvalue weighted by Crippen LogP contribution is -2.70. The minimum atomic E-state index is -1.54. The van der Waals surface area contributed by atoms with Crippen LogP contribution >= 0.6 is 0 Å². The summed E-state index contributed by atoms with van der Waals surface area (Å²) >= 11 is 0.